The van der Waals surface area contributed by atoms with Gasteiger partial charge in [-0.25, -0.2) is 0 Å². The number of nitrogens with one attached hydrogen (secondary N) is 1. The minimum Gasteiger partial charge on any atom is -0.399 e. The summed E-state index contributed by atoms with van der Waals surface area (Å²) in [6.45, 7) is 2.84. The Morgan fingerprint density at radius 2 is 1.95 bits per heavy atom. The molecule has 0 aromatic heterocycles. The van der Waals surface area contributed by atoms with Gasteiger partial charge in [-0.3, -0.25) is 4.79 Å². The molecule has 1 amide bonds. The van der Waals surface area contributed by atoms with E-state index < -0.39 is 0 Å². The first kappa shape index (κ1) is 15.8. The lowest BCUT2D eigenvalue weighted by Crippen LogP contribution is -2.57. The van der Waals surface area contributed by atoms with Gasteiger partial charge in [0.1, 0.15) is 0 Å². The van der Waals surface area contributed by atoms with E-state index in [0.29, 0.717) is 6.42 Å². The van der Waals surface area contributed by atoms with E-state index in [2.05, 4.69) is 31.2 Å². The Labute approximate surface area is 127 Å². The predicted molar refractivity (Wildman–Crippen MR) is 87.2 cm³/mol. The standard InChI is InChI=1S/C17H27N3O/c1-13(14-5-7-15(18)8-6-14)11-16(21)19-12-17(20(2)3)9-4-10-17/h5-8,13H,4,9-12,18H2,1-3H3,(H,19,21). The topological polar surface area (TPSA) is 58.4 Å². The summed E-state index contributed by atoms with van der Waals surface area (Å²) in [5.41, 5.74) is 7.79. The summed E-state index contributed by atoms with van der Waals surface area (Å²) in [5.74, 6) is 0.342. The predicted octanol–water partition coefficient (Wildman–Crippen LogP) is 2.36. The molecule has 0 radical (unpaired) electrons. The molecule has 3 N–H and O–H groups in total. The highest BCUT2D eigenvalue weighted by Gasteiger charge is 2.39. The van der Waals surface area contributed by atoms with Crippen molar-refractivity contribution in [2.24, 2.45) is 0 Å². The number of benzene rings is 1. The molecule has 2 rings (SSSR count). The summed E-state index contributed by atoms with van der Waals surface area (Å²) in [5, 5.41) is 3.11. The van der Waals surface area contributed by atoms with Crippen LogP contribution in [0, 0.1) is 0 Å². The van der Waals surface area contributed by atoms with Crippen LogP contribution in [0.15, 0.2) is 24.3 Å². The zero-order valence-corrected chi connectivity index (χ0v) is 13.4. The summed E-state index contributed by atoms with van der Waals surface area (Å²) in [7, 11) is 4.20. The maximum atomic E-state index is 12.1. The van der Waals surface area contributed by atoms with Crippen molar-refractivity contribution in [3.8, 4) is 0 Å². The molecule has 116 valence electrons. The molecule has 1 aliphatic rings. The highest BCUT2D eigenvalue weighted by Crippen LogP contribution is 2.35. The lowest BCUT2D eigenvalue weighted by molar-refractivity contribution is -0.122. The molecule has 21 heavy (non-hydrogen) atoms. The first-order valence-electron chi connectivity index (χ1n) is 7.72. The minimum absolute atomic E-state index is 0.132. The van der Waals surface area contributed by atoms with Crippen molar-refractivity contribution in [3.63, 3.8) is 0 Å². The van der Waals surface area contributed by atoms with Crippen LogP contribution in [-0.2, 0) is 4.79 Å². The minimum atomic E-state index is 0.132. The molecule has 4 nitrogen and oxygen atoms in total. The number of carbonyl (C=O) groups excluding carboxylic acids is 1. The van der Waals surface area contributed by atoms with Gasteiger partial charge < -0.3 is 16.0 Å². The Morgan fingerprint density at radius 3 is 2.43 bits per heavy atom. The number of nitrogens with zero attached hydrogens (tertiary/aromatic N) is 1. The van der Waals surface area contributed by atoms with Crippen molar-refractivity contribution in [1.29, 1.82) is 0 Å². The molecule has 0 bridgehead atoms. The van der Waals surface area contributed by atoms with Gasteiger partial charge in [0.2, 0.25) is 5.91 Å². The Morgan fingerprint density at radius 1 is 1.33 bits per heavy atom. The first-order chi connectivity index (χ1) is 9.93. The molecule has 4 heteroatoms. The highest BCUT2D eigenvalue weighted by atomic mass is 16.1. The largest absolute Gasteiger partial charge is 0.399 e. The van der Waals surface area contributed by atoms with E-state index in [1.54, 1.807) is 0 Å². The van der Waals surface area contributed by atoms with Gasteiger partial charge in [0, 0.05) is 24.2 Å². The lowest BCUT2D eigenvalue weighted by atomic mass is 9.75. The summed E-state index contributed by atoms with van der Waals surface area (Å²) >= 11 is 0. The van der Waals surface area contributed by atoms with Crippen molar-refractivity contribution < 1.29 is 4.79 Å². The molecule has 0 heterocycles. The SMILES string of the molecule is CC(CC(=O)NCC1(N(C)C)CCC1)c1ccc(N)cc1. The lowest BCUT2D eigenvalue weighted by Gasteiger charge is -2.47. The molecule has 1 aliphatic carbocycles. The van der Waals surface area contributed by atoms with Gasteiger partial charge in [0.05, 0.1) is 0 Å². The van der Waals surface area contributed by atoms with Crippen molar-refractivity contribution in [2.75, 3.05) is 26.4 Å². The smallest absolute Gasteiger partial charge is 0.220 e. The molecular formula is C17H27N3O. The highest BCUT2D eigenvalue weighted by molar-refractivity contribution is 5.77. The van der Waals surface area contributed by atoms with E-state index in [9.17, 15) is 4.79 Å². The quantitative estimate of drug-likeness (QED) is 0.790. The van der Waals surface area contributed by atoms with E-state index in [4.69, 9.17) is 5.73 Å². The van der Waals surface area contributed by atoms with E-state index in [1.807, 2.05) is 24.3 Å². The molecule has 0 aliphatic heterocycles. The third kappa shape index (κ3) is 3.76. The van der Waals surface area contributed by atoms with Gasteiger partial charge in [0.15, 0.2) is 0 Å². The number of nitrogens with two attached hydrogens (primary N) is 1. The monoisotopic (exact) mass is 289 g/mol. The number of hydrogen-bond donors (Lipinski definition) is 2. The van der Waals surface area contributed by atoms with E-state index in [-0.39, 0.29) is 17.4 Å². The number of hydrogen-bond acceptors (Lipinski definition) is 3. The van der Waals surface area contributed by atoms with Crippen molar-refractivity contribution >= 4 is 11.6 Å². The summed E-state index contributed by atoms with van der Waals surface area (Å²) in [6, 6.07) is 7.78. The second-order valence-electron chi connectivity index (χ2n) is 6.52. The summed E-state index contributed by atoms with van der Waals surface area (Å²) < 4.78 is 0. The zero-order chi connectivity index (χ0) is 15.5. The van der Waals surface area contributed by atoms with Crippen LogP contribution in [0.5, 0.6) is 0 Å². The average Bonchev–Trinajstić information content (AvgIpc) is 2.37. The summed E-state index contributed by atoms with van der Waals surface area (Å²) in [6.07, 6.45) is 4.13. The van der Waals surface area contributed by atoms with Crippen LogP contribution in [0.25, 0.3) is 0 Å². The van der Waals surface area contributed by atoms with E-state index in [0.717, 1.165) is 17.8 Å². The van der Waals surface area contributed by atoms with Gasteiger partial charge in [-0.15, -0.1) is 0 Å². The second kappa shape index (κ2) is 6.48. The number of nitrogen functional groups attached to an aromatic ring is 1. The third-order valence-corrected chi connectivity index (χ3v) is 4.84. The Hall–Kier alpha value is -1.55. The molecule has 1 fully saturated rings. The van der Waals surface area contributed by atoms with Crippen LogP contribution < -0.4 is 11.1 Å². The van der Waals surface area contributed by atoms with Gasteiger partial charge in [0.25, 0.3) is 0 Å². The molecule has 0 spiro atoms. The van der Waals surface area contributed by atoms with E-state index in [1.165, 1.54) is 19.3 Å². The maximum Gasteiger partial charge on any atom is 0.220 e. The first-order valence-corrected chi connectivity index (χ1v) is 7.72. The van der Waals surface area contributed by atoms with Crippen LogP contribution in [0.1, 0.15) is 44.1 Å². The van der Waals surface area contributed by atoms with Crippen LogP contribution >= 0.6 is 0 Å². The Balaban J connectivity index is 1.83. The molecule has 0 saturated heterocycles. The third-order valence-electron chi connectivity index (χ3n) is 4.84. The summed E-state index contributed by atoms with van der Waals surface area (Å²) in [4.78, 5) is 14.4. The number of rotatable bonds is 6. The number of anilines is 1. The molecular weight excluding hydrogens is 262 g/mol. The molecule has 1 saturated carbocycles. The Bertz CT molecular complexity index is 477. The van der Waals surface area contributed by atoms with E-state index >= 15 is 0 Å². The fourth-order valence-electron chi connectivity index (χ4n) is 2.92. The van der Waals surface area contributed by atoms with Gasteiger partial charge in [-0.05, 0) is 57.0 Å². The van der Waals surface area contributed by atoms with Gasteiger partial charge >= 0.3 is 0 Å². The second-order valence-corrected chi connectivity index (χ2v) is 6.52. The maximum absolute atomic E-state index is 12.1. The molecule has 1 aromatic rings. The molecule has 1 aromatic carbocycles. The van der Waals surface area contributed by atoms with Gasteiger partial charge in [-0.2, -0.15) is 0 Å². The van der Waals surface area contributed by atoms with Crippen molar-refractivity contribution in [3.05, 3.63) is 29.8 Å². The van der Waals surface area contributed by atoms with Crippen LogP contribution in [0.2, 0.25) is 0 Å². The number of likely N-dealkylation sites (N-methyl/N-ethyl adjacent to an activating group) is 1. The van der Waals surface area contributed by atoms with Crippen LogP contribution in [-0.4, -0.2) is 37.0 Å². The van der Waals surface area contributed by atoms with Gasteiger partial charge in [-0.1, -0.05) is 19.1 Å². The fourth-order valence-corrected chi connectivity index (χ4v) is 2.92. The average molecular weight is 289 g/mol. The fraction of sp³-hybridized carbons (Fsp3) is 0.588. The molecule has 1 atom stereocenters. The van der Waals surface area contributed by atoms with Crippen LogP contribution in [0.4, 0.5) is 5.69 Å². The van der Waals surface area contributed by atoms with Crippen molar-refractivity contribution in [1.82, 2.24) is 10.2 Å². The normalized spacial score (nSPS) is 18.1. The van der Waals surface area contributed by atoms with Crippen LogP contribution in [0.3, 0.4) is 0 Å². The zero-order valence-electron chi connectivity index (χ0n) is 13.4. The number of carbonyl (C=O) groups is 1. The number of amides is 1. The van der Waals surface area contributed by atoms with Crippen molar-refractivity contribution in [2.45, 2.75) is 44.1 Å². The molecule has 1 unspecified atom stereocenters. The Kier molecular flexibility index (Phi) is 4.88.